The summed E-state index contributed by atoms with van der Waals surface area (Å²) < 4.78 is 4.81. The molecule has 0 saturated heterocycles. The SMILES string of the molecule is COC(=O)c1nc(C2CC2)nc(N[C@@H](C)C2CCCCC2)c1Cl. The second-order valence-electron chi connectivity index (χ2n) is 6.69. The van der Waals surface area contributed by atoms with Crippen LogP contribution in [-0.4, -0.2) is 29.1 Å². The van der Waals surface area contributed by atoms with Gasteiger partial charge in [0.25, 0.3) is 0 Å². The number of carbonyl (C=O) groups excluding carboxylic acids is 1. The zero-order valence-corrected chi connectivity index (χ0v) is 14.5. The van der Waals surface area contributed by atoms with Crippen LogP contribution >= 0.6 is 11.6 Å². The maximum absolute atomic E-state index is 11.9. The van der Waals surface area contributed by atoms with E-state index < -0.39 is 5.97 Å². The molecule has 0 aromatic carbocycles. The van der Waals surface area contributed by atoms with E-state index in [4.69, 9.17) is 16.3 Å². The van der Waals surface area contributed by atoms with E-state index in [1.165, 1.54) is 39.2 Å². The van der Waals surface area contributed by atoms with Gasteiger partial charge in [-0.3, -0.25) is 0 Å². The average Bonchev–Trinajstić information content (AvgIpc) is 3.41. The fourth-order valence-corrected chi connectivity index (χ4v) is 3.50. The summed E-state index contributed by atoms with van der Waals surface area (Å²) in [5, 5.41) is 3.70. The van der Waals surface area contributed by atoms with Crippen LogP contribution in [0.2, 0.25) is 5.02 Å². The zero-order valence-electron chi connectivity index (χ0n) is 13.8. The van der Waals surface area contributed by atoms with Crippen molar-refractivity contribution in [3.8, 4) is 0 Å². The van der Waals surface area contributed by atoms with Crippen LogP contribution in [0.3, 0.4) is 0 Å². The van der Waals surface area contributed by atoms with Gasteiger partial charge in [-0.25, -0.2) is 14.8 Å². The summed E-state index contributed by atoms with van der Waals surface area (Å²) in [6, 6.07) is 0.278. The highest BCUT2D eigenvalue weighted by Crippen LogP contribution is 2.40. The summed E-state index contributed by atoms with van der Waals surface area (Å²) in [5.74, 6) is 1.74. The van der Waals surface area contributed by atoms with Crippen molar-refractivity contribution in [1.29, 1.82) is 0 Å². The molecule has 0 bridgehead atoms. The number of hydrogen-bond donors (Lipinski definition) is 1. The Bertz CT molecular complexity index is 583. The van der Waals surface area contributed by atoms with Gasteiger partial charge in [-0.15, -0.1) is 0 Å². The number of ether oxygens (including phenoxy) is 1. The number of rotatable bonds is 5. The first-order valence-corrected chi connectivity index (χ1v) is 8.90. The van der Waals surface area contributed by atoms with Crippen molar-refractivity contribution >= 4 is 23.4 Å². The van der Waals surface area contributed by atoms with Crippen LogP contribution in [0.4, 0.5) is 5.82 Å². The van der Waals surface area contributed by atoms with Gasteiger partial charge in [0, 0.05) is 12.0 Å². The van der Waals surface area contributed by atoms with Crippen LogP contribution in [-0.2, 0) is 4.74 Å². The van der Waals surface area contributed by atoms with Crippen molar-refractivity contribution < 1.29 is 9.53 Å². The molecule has 1 atom stereocenters. The lowest BCUT2D eigenvalue weighted by atomic mass is 9.84. The van der Waals surface area contributed by atoms with E-state index >= 15 is 0 Å². The van der Waals surface area contributed by atoms with Gasteiger partial charge >= 0.3 is 5.97 Å². The number of aromatic nitrogens is 2. The lowest BCUT2D eigenvalue weighted by molar-refractivity contribution is 0.0593. The van der Waals surface area contributed by atoms with Crippen molar-refractivity contribution in [2.45, 2.75) is 63.8 Å². The monoisotopic (exact) mass is 337 g/mol. The predicted octanol–water partition coefficient (Wildman–Crippen LogP) is 4.17. The Morgan fingerprint density at radius 2 is 1.91 bits per heavy atom. The van der Waals surface area contributed by atoms with Gasteiger partial charge in [0.2, 0.25) is 0 Å². The Balaban J connectivity index is 1.84. The first-order chi connectivity index (χ1) is 11.1. The lowest BCUT2D eigenvalue weighted by Crippen LogP contribution is -2.28. The van der Waals surface area contributed by atoms with Gasteiger partial charge in [-0.05, 0) is 38.5 Å². The quantitative estimate of drug-likeness (QED) is 0.817. The van der Waals surface area contributed by atoms with Crippen LogP contribution in [0.15, 0.2) is 0 Å². The molecule has 0 radical (unpaired) electrons. The van der Waals surface area contributed by atoms with Crippen LogP contribution in [0.1, 0.15) is 74.1 Å². The minimum atomic E-state index is -0.507. The highest BCUT2D eigenvalue weighted by atomic mass is 35.5. The summed E-state index contributed by atoms with van der Waals surface area (Å²) in [6.45, 7) is 2.17. The van der Waals surface area contributed by atoms with Crippen LogP contribution < -0.4 is 5.32 Å². The van der Waals surface area contributed by atoms with E-state index in [1.807, 2.05) is 0 Å². The van der Waals surface area contributed by atoms with Crippen molar-refractivity contribution in [3.63, 3.8) is 0 Å². The number of halogens is 1. The molecule has 0 unspecified atom stereocenters. The van der Waals surface area contributed by atoms with Gasteiger partial charge in [0.15, 0.2) is 5.69 Å². The maximum atomic E-state index is 11.9. The van der Waals surface area contributed by atoms with Gasteiger partial charge in [-0.1, -0.05) is 30.9 Å². The molecule has 126 valence electrons. The van der Waals surface area contributed by atoms with Gasteiger partial charge < -0.3 is 10.1 Å². The Labute approximate surface area is 142 Å². The first-order valence-electron chi connectivity index (χ1n) is 8.52. The molecule has 2 fully saturated rings. The zero-order chi connectivity index (χ0) is 16.4. The molecule has 0 spiro atoms. The van der Waals surface area contributed by atoms with E-state index in [0.717, 1.165) is 12.8 Å². The number of carbonyl (C=O) groups is 1. The smallest absolute Gasteiger partial charge is 0.358 e. The molecule has 1 aromatic heterocycles. The van der Waals surface area contributed by atoms with Gasteiger partial charge in [0.1, 0.15) is 16.7 Å². The molecule has 5 nitrogen and oxygen atoms in total. The van der Waals surface area contributed by atoms with E-state index in [1.54, 1.807) is 0 Å². The van der Waals surface area contributed by atoms with E-state index in [9.17, 15) is 4.79 Å². The summed E-state index contributed by atoms with van der Waals surface area (Å²) in [6.07, 6.45) is 8.51. The molecule has 1 aromatic rings. The molecular weight excluding hydrogens is 314 g/mol. The second kappa shape index (κ2) is 7.04. The van der Waals surface area contributed by atoms with Crippen LogP contribution in [0.5, 0.6) is 0 Å². The topological polar surface area (TPSA) is 64.1 Å². The number of hydrogen-bond acceptors (Lipinski definition) is 5. The average molecular weight is 338 g/mol. The molecule has 2 aliphatic carbocycles. The summed E-state index contributed by atoms with van der Waals surface area (Å²) >= 11 is 6.37. The van der Waals surface area contributed by atoms with Gasteiger partial charge in [-0.2, -0.15) is 0 Å². The largest absolute Gasteiger partial charge is 0.464 e. The molecular formula is C17H24ClN3O2. The number of anilines is 1. The lowest BCUT2D eigenvalue weighted by Gasteiger charge is -2.29. The molecule has 0 amide bonds. The molecule has 2 aliphatic rings. The fraction of sp³-hybridized carbons (Fsp3) is 0.706. The molecule has 1 N–H and O–H groups in total. The highest BCUT2D eigenvalue weighted by Gasteiger charge is 2.31. The normalized spacial score (nSPS) is 20.1. The predicted molar refractivity (Wildman–Crippen MR) is 90.0 cm³/mol. The van der Waals surface area contributed by atoms with Gasteiger partial charge in [0.05, 0.1) is 7.11 Å². The van der Waals surface area contributed by atoms with Crippen molar-refractivity contribution in [1.82, 2.24) is 9.97 Å². The third-order valence-electron chi connectivity index (χ3n) is 4.91. The third kappa shape index (κ3) is 3.77. The summed E-state index contributed by atoms with van der Waals surface area (Å²) in [5.41, 5.74) is 0.171. The highest BCUT2D eigenvalue weighted by molar-refractivity contribution is 6.35. The van der Waals surface area contributed by atoms with Crippen molar-refractivity contribution in [2.24, 2.45) is 5.92 Å². The summed E-state index contributed by atoms with van der Waals surface area (Å²) in [7, 11) is 1.34. The van der Waals surface area contributed by atoms with Crippen molar-refractivity contribution in [2.75, 3.05) is 12.4 Å². The number of methoxy groups -OCH3 is 1. The molecule has 0 aliphatic heterocycles. The third-order valence-corrected chi connectivity index (χ3v) is 5.27. The molecule has 6 heteroatoms. The fourth-order valence-electron chi connectivity index (χ4n) is 3.28. The number of nitrogens with zero attached hydrogens (tertiary/aromatic N) is 2. The first kappa shape index (κ1) is 16.5. The van der Waals surface area contributed by atoms with E-state index in [2.05, 4.69) is 22.2 Å². The Morgan fingerprint density at radius 3 is 2.52 bits per heavy atom. The maximum Gasteiger partial charge on any atom is 0.358 e. The minimum Gasteiger partial charge on any atom is -0.464 e. The van der Waals surface area contributed by atoms with Crippen LogP contribution in [0, 0.1) is 5.92 Å². The number of nitrogens with one attached hydrogen (secondary N) is 1. The summed E-state index contributed by atoms with van der Waals surface area (Å²) in [4.78, 5) is 20.9. The molecule has 23 heavy (non-hydrogen) atoms. The van der Waals surface area contributed by atoms with E-state index in [0.29, 0.717) is 23.5 Å². The van der Waals surface area contributed by atoms with E-state index in [-0.39, 0.29) is 16.8 Å². The second-order valence-corrected chi connectivity index (χ2v) is 7.07. The Hall–Kier alpha value is -1.36. The molecule has 3 rings (SSSR count). The number of esters is 1. The standard InChI is InChI=1S/C17H24ClN3O2/c1-10(11-6-4-3-5-7-11)19-16-13(18)14(17(22)23-2)20-15(21-16)12-8-9-12/h10-12H,3-9H2,1-2H3,(H,19,20,21)/t10-/m0/s1. The molecule has 1 heterocycles. The minimum absolute atomic E-state index is 0.171. The van der Waals surface area contributed by atoms with Crippen LogP contribution in [0.25, 0.3) is 0 Å². The Morgan fingerprint density at radius 1 is 1.22 bits per heavy atom. The van der Waals surface area contributed by atoms with Crippen molar-refractivity contribution in [3.05, 3.63) is 16.5 Å². The Kier molecular flexibility index (Phi) is 5.05. The molecule has 2 saturated carbocycles.